The zero-order chi connectivity index (χ0) is 18.9. The van der Waals surface area contributed by atoms with Crippen molar-refractivity contribution in [2.75, 3.05) is 12.1 Å². The second-order valence-electron chi connectivity index (χ2n) is 6.24. The molecule has 1 N–H and O–H groups in total. The van der Waals surface area contributed by atoms with Gasteiger partial charge in [-0.3, -0.25) is 0 Å². The summed E-state index contributed by atoms with van der Waals surface area (Å²) in [6.45, 7) is 2.44. The van der Waals surface area contributed by atoms with Gasteiger partial charge in [0.15, 0.2) is 16.6 Å². The van der Waals surface area contributed by atoms with Gasteiger partial charge in [0, 0.05) is 27.6 Å². The molecule has 5 nitrogen and oxygen atoms in total. The van der Waals surface area contributed by atoms with Gasteiger partial charge in [-0.15, -0.1) is 22.7 Å². The van der Waals surface area contributed by atoms with Gasteiger partial charge in [0.2, 0.25) is 6.79 Å². The minimum atomic E-state index is 0.272. The molecule has 28 heavy (non-hydrogen) atoms. The fourth-order valence-corrected chi connectivity index (χ4v) is 4.82. The molecule has 2 aromatic heterocycles. The molecule has 0 amide bonds. The second-order valence-corrected chi connectivity index (χ2v) is 8.18. The van der Waals surface area contributed by atoms with E-state index < -0.39 is 0 Å². The number of thiazole rings is 2. The van der Waals surface area contributed by atoms with Crippen LogP contribution >= 0.6 is 22.7 Å². The van der Waals surface area contributed by atoms with Gasteiger partial charge in [0.05, 0.1) is 5.69 Å². The third-order valence-corrected chi connectivity index (χ3v) is 6.39. The van der Waals surface area contributed by atoms with Gasteiger partial charge in [0.1, 0.15) is 10.7 Å². The van der Waals surface area contributed by atoms with Crippen LogP contribution in [0.15, 0.2) is 53.9 Å². The van der Waals surface area contributed by atoms with E-state index >= 15 is 0 Å². The Labute approximate surface area is 170 Å². The Kier molecular flexibility index (Phi) is 4.46. The molecule has 0 unspecified atom stereocenters. The highest BCUT2D eigenvalue weighted by Crippen LogP contribution is 2.38. The monoisotopic (exact) mass is 407 g/mol. The van der Waals surface area contributed by atoms with Crippen molar-refractivity contribution in [3.63, 3.8) is 0 Å². The first-order valence-corrected chi connectivity index (χ1v) is 10.7. The van der Waals surface area contributed by atoms with Gasteiger partial charge in [-0.2, -0.15) is 0 Å². The van der Waals surface area contributed by atoms with E-state index in [1.54, 1.807) is 22.7 Å². The lowest BCUT2D eigenvalue weighted by Gasteiger charge is -2.03. The lowest BCUT2D eigenvalue weighted by molar-refractivity contribution is 0.174. The van der Waals surface area contributed by atoms with Crippen LogP contribution in [0.3, 0.4) is 0 Å². The van der Waals surface area contributed by atoms with Gasteiger partial charge < -0.3 is 14.8 Å². The van der Waals surface area contributed by atoms with Crippen molar-refractivity contribution in [1.82, 2.24) is 9.97 Å². The number of ether oxygens (including phenoxy) is 2. The molecule has 0 saturated carbocycles. The third kappa shape index (κ3) is 3.23. The lowest BCUT2D eigenvalue weighted by Crippen LogP contribution is -1.93. The molecular formula is C21H17N3O2S2. The predicted octanol–water partition coefficient (Wildman–Crippen LogP) is 5.97. The van der Waals surface area contributed by atoms with Crippen molar-refractivity contribution < 1.29 is 9.47 Å². The van der Waals surface area contributed by atoms with Gasteiger partial charge in [-0.25, -0.2) is 9.97 Å². The molecule has 0 spiro atoms. The highest BCUT2D eigenvalue weighted by Gasteiger charge is 2.16. The third-order valence-electron chi connectivity index (χ3n) is 4.41. The predicted molar refractivity (Wildman–Crippen MR) is 114 cm³/mol. The van der Waals surface area contributed by atoms with E-state index in [9.17, 15) is 0 Å². The Bertz CT molecular complexity index is 1120. The summed E-state index contributed by atoms with van der Waals surface area (Å²) < 4.78 is 10.8. The van der Waals surface area contributed by atoms with E-state index in [-0.39, 0.29) is 6.79 Å². The summed E-state index contributed by atoms with van der Waals surface area (Å²) in [6.07, 6.45) is 0.953. The van der Waals surface area contributed by atoms with Crippen LogP contribution in [-0.4, -0.2) is 16.8 Å². The number of aromatic nitrogens is 2. The van der Waals surface area contributed by atoms with Gasteiger partial charge >= 0.3 is 0 Å². The van der Waals surface area contributed by atoms with Crippen LogP contribution in [0.25, 0.3) is 22.0 Å². The number of benzene rings is 2. The first kappa shape index (κ1) is 17.2. The Morgan fingerprint density at radius 2 is 1.89 bits per heavy atom. The lowest BCUT2D eigenvalue weighted by atomic mass is 10.1. The molecule has 0 saturated heterocycles. The van der Waals surface area contributed by atoms with E-state index in [2.05, 4.69) is 24.4 Å². The minimum Gasteiger partial charge on any atom is -0.454 e. The quantitative estimate of drug-likeness (QED) is 0.442. The van der Waals surface area contributed by atoms with Crippen LogP contribution < -0.4 is 14.8 Å². The van der Waals surface area contributed by atoms with Crippen molar-refractivity contribution in [1.29, 1.82) is 0 Å². The topological polar surface area (TPSA) is 56.3 Å². The standard InChI is InChI=1S/C21H17N3O2S2/c1-2-18-19(13-6-4-3-5-7-13)24-20(28-18)15-11-27-21(23-15)22-14-8-9-16-17(10-14)26-12-25-16/h3-11H,2,12H2,1H3,(H,22,23). The first-order valence-electron chi connectivity index (χ1n) is 8.98. The van der Waals surface area contributed by atoms with E-state index in [1.165, 1.54) is 4.88 Å². The molecule has 1 aliphatic rings. The first-order chi connectivity index (χ1) is 13.8. The number of hydrogen-bond acceptors (Lipinski definition) is 7. The number of nitrogens with zero attached hydrogens (tertiary/aromatic N) is 2. The molecule has 5 rings (SSSR count). The van der Waals surface area contributed by atoms with E-state index in [0.29, 0.717) is 0 Å². The molecule has 0 bridgehead atoms. The van der Waals surface area contributed by atoms with Crippen LogP contribution in [0.2, 0.25) is 0 Å². The molecule has 0 atom stereocenters. The Balaban J connectivity index is 1.41. The molecule has 7 heteroatoms. The molecule has 3 heterocycles. The average molecular weight is 408 g/mol. The normalized spacial score (nSPS) is 12.3. The molecule has 0 aliphatic carbocycles. The summed E-state index contributed by atoms with van der Waals surface area (Å²) in [5.74, 6) is 1.52. The Hall–Kier alpha value is -2.90. The van der Waals surface area contributed by atoms with Crippen molar-refractivity contribution >= 4 is 33.5 Å². The smallest absolute Gasteiger partial charge is 0.231 e. The molecule has 2 aromatic carbocycles. The number of hydrogen-bond donors (Lipinski definition) is 1. The van der Waals surface area contributed by atoms with Crippen molar-refractivity contribution in [2.24, 2.45) is 0 Å². The van der Waals surface area contributed by atoms with E-state index in [0.717, 1.165) is 50.7 Å². The number of aryl methyl sites for hydroxylation is 1. The van der Waals surface area contributed by atoms with Gasteiger partial charge in [-0.1, -0.05) is 37.3 Å². The average Bonchev–Trinajstić information content (AvgIpc) is 3.47. The summed E-state index contributed by atoms with van der Waals surface area (Å²) in [6, 6.07) is 16.1. The Morgan fingerprint density at radius 3 is 2.75 bits per heavy atom. The largest absolute Gasteiger partial charge is 0.454 e. The summed E-state index contributed by atoms with van der Waals surface area (Å²) in [5.41, 5.74) is 4.02. The zero-order valence-electron chi connectivity index (χ0n) is 15.1. The molecular weight excluding hydrogens is 390 g/mol. The number of anilines is 2. The van der Waals surface area contributed by atoms with Crippen LogP contribution in [-0.2, 0) is 6.42 Å². The number of nitrogens with one attached hydrogen (secondary N) is 1. The van der Waals surface area contributed by atoms with Crippen LogP contribution in [0, 0.1) is 0 Å². The molecule has 0 radical (unpaired) electrons. The number of fused-ring (bicyclic) bond motifs is 1. The summed E-state index contributed by atoms with van der Waals surface area (Å²) in [7, 11) is 0. The highest BCUT2D eigenvalue weighted by molar-refractivity contribution is 7.17. The zero-order valence-corrected chi connectivity index (χ0v) is 16.8. The molecule has 0 fully saturated rings. The SMILES string of the molecule is CCc1sc(-c2csc(Nc3ccc4c(c3)OCO4)n2)nc1-c1ccccc1. The van der Waals surface area contributed by atoms with Crippen LogP contribution in [0.1, 0.15) is 11.8 Å². The molecule has 140 valence electrons. The maximum Gasteiger partial charge on any atom is 0.231 e. The maximum atomic E-state index is 5.43. The van der Waals surface area contributed by atoms with E-state index in [1.807, 2.05) is 41.8 Å². The summed E-state index contributed by atoms with van der Waals surface area (Å²) >= 11 is 3.28. The summed E-state index contributed by atoms with van der Waals surface area (Å²) in [4.78, 5) is 10.9. The maximum absolute atomic E-state index is 5.43. The second kappa shape index (κ2) is 7.26. The minimum absolute atomic E-state index is 0.272. The van der Waals surface area contributed by atoms with Crippen molar-refractivity contribution in [3.05, 3.63) is 58.8 Å². The fraction of sp³-hybridized carbons (Fsp3) is 0.143. The van der Waals surface area contributed by atoms with Crippen molar-refractivity contribution in [2.45, 2.75) is 13.3 Å². The van der Waals surface area contributed by atoms with Gasteiger partial charge in [0.25, 0.3) is 0 Å². The molecule has 1 aliphatic heterocycles. The van der Waals surface area contributed by atoms with E-state index in [4.69, 9.17) is 19.4 Å². The van der Waals surface area contributed by atoms with Crippen LogP contribution in [0.5, 0.6) is 11.5 Å². The fourth-order valence-electron chi connectivity index (χ4n) is 3.05. The van der Waals surface area contributed by atoms with Crippen molar-refractivity contribution in [3.8, 4) is 33.5 Å². The van der Waals surface area contributed by atoms with Crippen LogP contribution in [0.4, 0.5) is 10.8 Å². The summed E-state index contributed by atoms with van der Waals surface area (Å²) in [5, 5.41) is 7.16. The van der Waals surface area contributed by atoms with Gasteiger partial charge in [-0.05, 0) is 18.6 Å². The highest BCUT2D eigenvalue weighted by atomic mass is 32.1. The molecule has 4 aromatic rings. The number of rotatable bonds is 5. The Morgan fingerprint density at radius 1 is 1.04 bits per heavy atom.